The quantitative estimate of drug-likeness (QED) is 0.827. The van der Waals surface area contributed by atoms with Crippen molar-refractivity contribution in [3.05, 3.63) is 0 Å². The lowest BCUT2D eigenvalue weighted by molar-refractivity contribution is 0.0716. The Morgan fingerprint density at radius 3 is 2.72 bits per heavy atom. The molecule has 0 aromatic rings. The molecule has 106 valence electrons. The summed E-state index contributed by atoms with van der Waals surface area (Å²) in [6, 6.07) is 0. The fourth-order valence-electron chi connectivity index (χ4n) is 3.85. The molecular formula is C16H32N2. The predicted octanol–water partition coefficient (Wildman–Crippen LogP) is 3.13. The summed E-state index contributed by atoms with van der Waals surface area (Å²) in [5.41, 5.74) is 0.475. The molecule has 2 unspecified atom stereocenters. The highest BCUT2D eigenvalue weighted by Gasteiger charge is 2.33. The van der Waals surface area contributed by atoms with Crippen LogP contribution in [0.3, 0.4) is 0 Å². The minimum absolute atomic E-state index is 0.475. The Labute approximate surface area is 114 Å². The summed E-state index contributed by atoms with van der Waals surface area (Å²) in [4.78, 5) is 2.74. The van der Waals surface area contributed by atoms with E-state index in [1.54, 1.807) is 0 Å². The summed E-state index contributed by atoms with van der Waals surface area (Å²) in [5.74, 6) is 1.83. The van der Waals surface area contributed by atoms with Crippen LogP contribution < -0.4 is 5.32 Å². The van der Waals surface area contributed by atoms with Gasteiger partial charge in [0.05, 0.1) is 0 Å². The molecule has 2 atom stereocenters. The average molecular weight is 252 g/mol. The van der Waals surface area contributed by atoms with Gasteiger partial charge in [-0.15, -0.1) is 0 Å². The normalized spacial score (nSPS) is 31.5. The van der Waals surface area contributed by atoms with E-state index in [-0.39, 0.29) is 0 Å². The fourth-order valence-corrected chi connectivity index (χ4v) is 3.85. The van der Waals surface area contributed by atoms with Crippen molar-refractivity contribution >= 4 is 0 Å². The summed E-state index contributed by atoms with van der Waals surface area (Å²) in [6.45, 7) is 13.8. The molecule has 2 aliphatic rings. The van der Waals surface area contributed by atoms with E-state index < -0.39 is 0 Å². The van der Waals surface area contributed by atoms with Gasteiger partial charge in [0.1, 0.15) is 0 Å². The molecule has 0 amide bonds. The molecule has 0 radical (unpaired) electrons. The van der Waals surface area contributed by atoms with Crippen molar-refractivity contribution in [2.24, 2.45) is 17.3 Å². The first-order valence-corrected chi connectivity index (χ1v) is 8.05. The maximum absolute atomic E-state index is 3.58. The highest BCUT2D eigenvalue weighted by molar-refractivity contribution is 4.86. The van der Waals surface area contributed by atoms with Crippen LogP contribution in [0.15, 0.2) is 0 Å². The second kappa shape index (κ2) is 6.38. The molecule has 0 saturated carbocycles. The third kappa shape index (κ3) is 3.71. The lowest BCUT2D eigenvalue weighted by atomic mass is 9.74. The maximum Gasteiger partial charge on any atom is 0.00359 e. The lowest BCUT2D eigenvalue weighted by Crippen LogP contribution is -2.47. The summed E-state index contributed by atoms with van der Waals surface area (Å²) < 4.78 is 0. The van der Waals surface area contributed by atoms with Crippen LogP contribution in [0.2, 0.25) is 0 Å². The summed E-state index contributed by atoms with van der Waals surface area (Å²) >= 11 is 0. The van der Waals surface area contributed by atoms with Gasteiger partial charge in [-0.3, -0.25) is 0 Å². The van der Waals surface area contributed by atoms with Crippen molar-refractivity contribution < 1.29 is 0 Å². The van der Waals surface area contributed by atoms with E-state index in [0.29, 0.717) is 5.41 Å². The van der Waals surface area contributed by atoms with Gasteiger partial charge in [0.15, 0.2) is 0 Å². The zero-order valence-electron chi connectivity index (χ0n) is 12.7. The van der Waals surface area contributed by atoms with Crippen LogP contribution in [-0.4, -0.2) is 37.6 Å². The minimum Gasteiger partial charge on any atom is -0.316 e. The van der Waals surface area contributed by atoms with Gasteiger partial charge >= 0.3 is 0 Å². The Morgan fingerprint density at radius 2 is 2.06 bits per heavy atom. The number of rotatable bonds is 4. The number of nitrogens with zero attached hydrogens (tertiary/aromatic N) is 1. The molecule has 0 spiro atoms. The molecule has 2 fully saturated rings. The topological polar surface area (TPSA) is 15.3 Å². The molecule has 2 aliphatic heterocycles. The van der Waals surface area contributed by atoms with Crippen molar-refractivity contribution in [3.63, 3.8) is 0 Å². The SMILES string of the molecule is CCC1CCCN(CC(C)(C)C2CCCNC2)C1. The standard InChI is InChI=1S/C16H32N2/c1-4-14-7-6-10-18(12-14)13-16(2,3)15-8-5-9-17-11-15/h14-15,17H,4-13H2,1-3H3. The summed E-state index contributed by atoms with van der Waals surface area (Å²) in [5, 5.41) is 3.58. The van der Waals surface area contributed by atoms with Crippen molar-refractivity contribution in [1.82, 2.24) is 10.2 Å². The van der Waals surface area contributed by atoms with Crippen LogP contribution in [0.5, 0.6) is 0 Å². The first-order chi connectivity index (χ1) is 8.62. The molecule has 2 heterocycles. The van der Waals surface area contributed by atoms with Crippen LogP contribution >= 0.6 is 0 Å². The van der Waals surface area contributed by atoms with Crippen LogP contribution in [0.25, 0.3) is 0 Å². The minimum atomic E-state index is 0.475. The number of piperidine rings is 2. The third-order valence-corrected chi connectivity index (χ3v) is 5.21. The molecule has 0 aromatic heterocycles. The molecule has 2 saturated heterocycles. The highest BCUT2D eigenvalue weighted by atomic mass is 15.1. The van der Waals surface area contributed by atoms with Gasteiger partial charge in [-0.05, 0) is 62.6 Å². The van der Waals surface area contributed by atoms with E-state index in [9.17, 15) is 0 Å². The van der Waals surface area contributed by atoms with Gasteiger partial charge in [0.2, 0.25) is 0 Å². The Kier molecular flexibility index (Phi) is 5.08. The number of likely N-dealkylation sites (tertiary alicyclic amines) is 1. The van der Waals surface area contributed by atoms with Crippen LogP contribution in [0.1, 0.15) is 52.9 Å². The van der Waals surface area contributed by atoms with Crippen LogP contribution in [0, 0.1) is 17.3 Å². The maximum atomic E-state index is 3.58. The van der Waals surface area contributed by atoms with Crippen molar-refractivity contribution in [2.45, 2.75) is 52.9 Å². The number of hydrogen-bond donors (Lipinski definition) is 1. The molecule has 0 bridgehead atoms. The predicted molar refractivity (Wildman–Crippen MR) is 78.8 cm³/mol. The first-order valence-electron chi connectivity index (χ1n) is 8.05. The van der Waals surface area contributed by atoms with Gasteiger partial charge < -0.3 is 10.2 Å². The highest BCUT2D eigenvalue weighted by Crippen LogP contribution is 2.34. The number of nitrogens with one attached hydrogen (secondary N) is 1. The second-order valence-corrected chi connectivity index (χ2v) is 7.18. The third-order valence-electron chi connectivity index (χ3n) is 5.21. The molecule has 2 heteroatoms. The molecule has 0 aliphatic carbocycles. The van der Waals surface area contributed by atoms with Gasteiger partial charge in [0.25, 0.3) is 0 Å². The van der Waals surface area contributed by atoms with E-state index in [1.165, 1.54) is 64.8 Å². The van der Waals surface area contributed by atoms with E-state index >= 15 is 0 Å². The van der Waals surface area contributed by atoms with Gasteiger partial charge in [-0.1, -0.05) is 27.2 Å². The smallest absolute Gasteiger partial charge is 0.00359 e. The van der Waals surface area contributed by atoms with Crippen molar-refractivity contribution in [3.8, 4) is 0 Å². The van der Waals surface area contributed by atoms with Gasteiger partial charge in [-0.2, -0.15) is 0 Å². The van der Waals surface area contributed by atoms with Crippen LogP contribution in [0.4, 0.5) is 0 Å². The zero-order valence-corrected chi connectivity index (χ0v) is 12.7. The monoisotopic (exact) mass is 252 g/mol. The summed E-state index contributed by atoms with van der Waals surface area (Å²) in [7, 11) is 0. The molecule has 2 rings (SSSR count). The van der Waals surface area contributed by atoms with Crippen LogP contribution in [-0.2, 0) is 0 Å². The Bertz CT molecular complexity index is 243. The fraction of sp³-hybridized carbons (Fsp3) is 1.00. The Morgan fingerprint density at radius 1 is 1.22 bits per heavy atom. The van der Waals surface area contributed by atoms with E-state index in [1.807, 2.05) is 0 Å². The Balaban J connectivity index is 1.86. The second-order valence-electron chi connectivity index (χ2n) is 7.18. The largest absolute Gasteiger partial charge is 0.316 e. The lowest BCUT2D eigenvalue weighted by Gasteiger charge is -2.43. The molecule has 2 nitrogen and oxygen atoms in total. The molecular weight excluding hydrogens is 220 g/mol. The average Bonchev–Trinajstić information content (AvgIpc) is 2.39. The Hall–Kier alpha value is -0.0800. The zero-order chi connectivity index (χ0) is 13.0. The van der Waals surface area contributed by atoms with Crippen molar-refractivity contribution in [2.75, 3.05) is 32.7 Å². The van der Waals surface area contributed by atoms with Gasteiger partial charge in [-0.25, -0.2) is 0 Å². The molecule has 1 N–H and O–H groups in total. The van der Waals surface area contributed by atoms with Crippen molar-refractivity contribution in [1.29, 1.82) is 0 Å². The molecule has 18 heavy (non-hydrogen) atoms. The van der Waals surface area contributed by atoms with Gasteiger partial charge in [0, 0.05) is 13.1 Å². The van der Waals surface area contributed by atoms with E-state index in [4.69, 9.17) is 0 Å². The summed E-state index contributed by atoms with van der Waals surface area (Å²) in [6.07, 6.45) is 7.02. The van der Waals surface area contributed by atoms with E-state index in [2.05, 4.69) is 31.0 Å². The van der Waals surface area contributed by atoms with E-state index in [0.717, 1.165) is 11.8 Å². The molecule has 0 aromatic carbocycles. The number of hydrogen-bond acceptors (Lipinski definition) is 2. The first kappa shape index (κ1) is 14.3.